The molecular weight excluding hydrogens is 345 g/mol. The molecular formula is C20H18FN5O. The van der Waals surface area contributed by atoms with Gasteiger partial charge in [0.2, 0.25) is 0 Å². The van der Waals surface area contributed by atoms with E-state index in [1.54, 1.807) is 36.4 Å². The third kappa shape index (κ3) is 5.79. The van der Waals surface area contributed by atoms with E-state index in [4.69, 9.17) is 5.11 Å². The standard InChI is InChI=1S/C20H18FN5O/c21-15-1-3-17(4-2-15)23-25-19-9-11-20(12-10-19)26-24-18-7-5-16(6-8-18)22-13-14-27/h1-12,22,27H,13-14H2/b25-23+,26-24+. The molecule has 0 unspecified atom stereocenters. The van der Waals surface area contributed by atoms with E-state index in [-0.39, 0.29) is 12.4 Å². The van der Waals surface area contributed by atoms with Crippen LogP contribution < -0.4 is 5.32 Å². The molecule has 0 aliphatic heterocycles. The fourth-order valence-corrected chi connectivity index (χ4v) is 2.17. The lowest BCUT2D eigenvalue weighted by Crippen LogP contribution is -2.04. The number of hydrogen-bond acceptors (Lipinski definition) is 6. The van der Waals surface area contributed by atoms with Crippen molar-refractivity contribution in [1.82, 2.24) is 0 Å². The van der Waals surface area contributed by atoms with E-state index in [2.05, 4.69) is 25.8 Å². The quantitative estimate of drug-likeness (QED) is 0.500. The van der Waals surface area contributed by atoms with Gasteiger partial charge in [-0.1, -0.05) is 0 Å². The van der Waals surface area contributed by atoms with E-state index in [1.807, 2.05) is 24.3 Å². The second kappa shape index (κ2) is 9.30. The summed E-state index contributed by atoms with van der Waals surface area (Å²) >= 11 is 0. The molecule has 0 heterocycles. The molecule has 0 bridgehead atoms. The van der Waals surface area contributed by atoms with Crippen molar-refractivity contribution >= 4 is 28.4 Å². The summed E-state index contributed by atoms with van der Waals surface area (Å²) < 4.78 is 12.9. The zero-order chi connectivity index (χ0) is 18.9. The number of nitrogens with zero attached hydrogens (tertiary/aromatic N) is 4. The lowest BCUT2D eigenvalue weighted by molar-refractivity contribution is 0.311. The highest BCUT2D eigenvalue weighted by atomic mass is 19.1. The molecule has 7 heteroatoms. The minimum atomic E-state index is -0.306. The lowest BCUT2D eigenvalue weighted by atomic mass is 10.3. The fourth-order valence-electron chi connectivity index (χ4n) is 2.17. The number of halogens is 1. The number of aliphatic hydroxyl groups is 1. The molecule has 27 heavy (non-hydrogen) atoms. The molecule has 0 atom stereocenters. The molecule has 3 rings (SSSR count). The van der Waals surface area contributed by atoms with Crippen molar-refractivity contribution in [2.75, 3.05) is 18.5 Å². The Bertz CT molecular complexity index is 907. The minimum Gasteiger partial charge on any atom is -0.395 e. The van der Waals surface area contributed by atoms with Gasteiger partial charge in [0.1, 0.15) is 5.82 Å². The highest BCUT2D eigenvalue weighted by Gasteiger charge is 1.96. The molecule has 0 aromatic heterocycles. The van der Waals surface area contributed by atoms with Crippen LogP contribution in [0.2, 0.25) is 0 Å². The smallest absolute Gasteiger partial charge is 0.123 e. The van der Waals surface area contributed by atoms with Crippen molar-refractivity contribution in [2.45, 2.75) is 0 Å². The maximum Gasteiger partial charge on any atom is 0.123 e. The van der Waals surface area contributed by atoms with Gasteiger partial charge in [-0.15, -0.1) is 0 Å². The predicted molar refractivity (Wildman–Crippen MR) is 103 cm³/mol. The number of anilines is 1. The Morgan fingerprint density at radius 1 is 0.630 bits per heavy atom. The average molecular weight is 363 g/mol. The first-order valence-electron chi connectivity index (χ1n) is 8.37. The summed E-state index contributed by atoms with van der Waals surface area (Å²) in [6.45, 7) is 0.590. The topological polar surface area (TPSA) is 81.7 Å². The maximum atomic E-state index is 12.9. The van der Waals surface area contributed by atoms with Gasteiger partial charge in [0.25, 0.3) is 0 Å². The van der Waals surface area contributed by atoms with E-state index in [0.29, 0.717) is 23.6 Å². The summed E-state index contributed by atoms with van der Waals surface area (Å²) in [6.07, 6.45) is 0. The summed E-state index contributed by atoms with van der Waals surface area (Å²) in [5, 5.41) is 28.4. The van der Waals surface area contributed by atoms with E-state index >= 15 is 0 Å². The number of aliphatic hydroxyl groups excluding tert-OH is 1. The van der Waals surface area contributed by atoms with Crippen molar-refractivity contribution in [3.63, 3.8) is 0 Å². The zero-order valence-electron chi connectivity index (χ0n) is 14.5. The minimum absolute atomic E-state index is 0.0842. The van der Waals surface area contributed by atoms with E-state index < -0.39 is 0 Å². The molecule has 3 aromatic rings. The monoisotopic (exact) mass is 363 g/mol. The van der Waals surface area contributed by atoms with Crippen LogP contribution in [0.15, 0.2) is 93.3 Å². The van der Waals surface area contributed by atoms with Gasteiger partial charge >= 0.3 is 0 Å². The van der Waals surface area contributed by atoms with Crippen molar-refractivity contribution in [2.24, 2.45) is 20.5 Å². The van der Waals surface area contributed by atoms with Crippen LogP contribution in [0, 0.1) is 5.82 Å². The van der Waals surface area contributed by atoms with Gasteiger partial charge in [-0.05, 0) is 72.8 Å². The van der Waals surface area contributed by atoms with Gasteiger partial charge in [-0.3, -0.25) is 0 Å². The molecule has 136 valence electrons. The Morgan fingerprint density at radius 2 is 1.00 bits per heavy atom. The SMILES string of the molecule is OCCNc1ccc(/N=N/c2ccc(/N=N/c3ccc(F)cc3)cc2)cc1. The third-order valence-electron chi connectivity index (χ3n) is 3.55. The van der Waals surface area contributed by atoms with Crippen molar-refractivity contribution in [3.8, 4) is 0 Å². The number of rotatable bonds is 7. The molecule has 0 spiro atoms. The van der Waals surface area contributed by atoms with Gasteiger partial charge in [0, 0.05) is 12.2 Å². The average Bonchev–Trinajstić information content (AvgIpc) is 2.72. The molecule has 0 aliphatic carbocycles. The summed E-state index contributed by atoms with van der Waals surface area (Å²) in [4.78, 5) is 0. The first kappa shape index (κ1) is 18.3. The Kier molecular flexibility index (Phi) is 6.32. The van der Waals surface area contributed by atoms with Crippen LogP contribution in [0.3, 0.4) is 0 Å². The first-order chi connectivity index (χ1) is 13.2. The van der Waals surface area contributed by atoms with Gasteiger partial charge in [0.05, 0.1) is 29.4 Å². The van der Waals surface area contributed by atoms with E-state index in [0.717, 1.165) is 11.4 Å². The number of azo groups is 2. The summed E-state index contributed by atoms with van der Waals surface area (Å²) in [5.41, 5.74) is 3.58. The fraction of sp³-hybridized carbons (Fsp3) is 0.100. The number of hydrogen-bond donors (Lipinski definition) is 2. The van der Waals surface area contributed by atoms with Crippen LogP contribution in [-0.4, -0.2) is 18.3 Å². The molecule has 0 fully saturated rings. The molecule has 0 saturated carbocycles. The van der Waals surface area contributed by atoms with Crippen LogP contribution in [0.4, 0.5) is 32.8 Å². The largest absolute Gasteiger partial charge is 0.395 e. The lowest BCUT2D eigenvalue weighted by Gasteiger charge is -2.03. The summed E-state index contributed by atoms with van der Waals surface area (Å²) in [7, 11) is 0. The van der Waals surface area contributed by atoms with Gasteiger partial charge in [-0.25, -0.2) is 4.39 Å². The van der Waals surface area contributed by atoms with E-state index in [9.17, 15) is 4.39 Å². The van der Waals surface area contributed by atoms with Crippen molar-refractivity contribution in [3.05, 3.63) is 78.6 Å². The Hall–Kier alpha value is -3.45. The van der Waals surface area contributed by atoms with E-state index in [1.165, 1.54) is 12.1 Å². The Balaban J connectivity index is 1.59. The van der Waals surface area contributed by atoms with Crippen LogP contribution in [0.25, 0.3) is 0 Å². The number of benzene rings is 3. The summed E-state index contributed by atoms with van der Waals surface area (Å²) in [6, 6.07) is 20.4. The molecule has 6 nitrogen and oxygen atoms in total. The van der Waals surface area contributed by atoms with Crippen molar-refractivity contribution in [1.29, 1.82) is 0 Å². The van der Waals surface area contributed by atoms with Crippen LogP contribution in [-0.2, 0) is 0 Å². The Labute approximate surface area is 156 Å². The zero-order valence-corrected chi connectivity index (χ0v) is 14.5. The number of nitrogens with one attached hydrogen (secondary N) is 1. The van der Waals surface area contributed by atoms with Gasteiger partial charge < -0.3 is 10.4 Å². The first-order valence-corrected chi connectivity index (χ1v) is 8.37. The van der Waals surface area contributed by atoms with Crippen LogP contribution in [0.1, 0.15) is 0 Å². The van der Waals surface area contributed by atoms with Crippen LogP contribution in [0.5, 0.6) is 0 Å². The highest BCUT2D eigenvalue weighted by Crippen LogP contribution is 2.24. The molecule has 0 amide bonds. The highest BCUT2D eigenvalue weighted by molar-refractivity contribution is 5.51. The van der Waals surface area contributed by atoms with Gasteiger partial charge in [0.15, 0.2) is 0 Å². The maximum absolute atomic E-state index is 12.9. The van der Waals surface area contributed by atoms with Crippen molar-refractivity contribution < 1.29 is 9.50 Å². The molecule has 0 radical (unpaired) electrons. The van der Waals surface area contributed by atoms with Gasteiger partial charge in [-0.2, -0.15) is 20.5 Å². The molecule has 0 saturated heterocycles. The third-order valence-corrected chi connectivity index (χ3v) is 3.55. The molecule has 2 N–H and O–H groups in total. The predicted octanol–water partition coefficient (Wildman–Crippen LogP) is 6.06. The molecule has 0 aliphatic rings. The summed E-state index contributed by atoms with van der Waals surface area (Å²) in [5.74, 6) is -0.306. The second-order valence-electron chi connectivity index (χ2n) is 5.59. The van der Waals surface area contributed by atoms with Crippen LogP contribution >= 0.6 is 0 Å². The second-order valence-corrected chi connectivity index (χ2v) is 5.59. The normalized spacial score (nSPS) is 11.3. The Morgan fingerprint density at radius 3 is 1.41 bits per heavy atom. The molecule has 3 aromatic carbocycles.